The lowest BCUT2D eigenvalue weighted by Gasteiger charge is -2.07. The molecule has 0 radical (unpaired) electrons. The van der Waals surface area contributed by atoms with Gasteiger partial charge in [0.2, 0.25) is 0 Å². The second-order valence-corrected chi connectivity index (χ2v) is 4.19. The highest BCUT2D eigenvalue weighted by Crippen LogP contribution is 2.26. The number of ether oxygens (including phenoxy) is 1. The van der Waals surface area contributed by atoms with Crippen LogP contribution in [0, 0.1) is 5.82 Å². The number of benzene rings is 1. The third-order valence-electron chi connectivity index (χ3n) is 2.55. The molecule has 0 bridgehead atoms. The molecule has 19 heavy (non-hydrogen) atoms. The summed E-state index contributed by atoms with van der Waals surface area (Å²) in [6, 6.07) is 5.82. The van der Waals surface area contributed by atoms with E-state index in [1.54, 1.807) is 12.1 Å². The average Bonchev–Trinajstić information content (AvgIpc) is 2.41. The summed E-state index contributed by atoms with van der Waals surface area (Å²) in [4.78, 5) is 15.3. The van der Waals surface area contributed by atoms with E-state index in [4.69, 9.17) is 17.3 Å². The molecule has 2 N–H and O–H groups in total. The van der Waals surface area contributed by atoms with E-state index in [0.29, 0.717) is 11.1 Å². The number of pyridine rings is 1. The molecule has 98 valence electrons. The predicted octanol–water partition coefficient (Wildman–Crippen LogP) is 2.91. The van der Waals surface area contributed by atoms with Crippen LogP contribution in [0.25, 0.3) is 11.1 Å². The summed E-state index contributed by atoms with van der Waals surface area (Å²) in [7, 11) is 1.25. The van der Waals surface area contributed by atoms with Crippen LogP contribution in [-0.2, 0) is 4.74 Å². The highest BCUT2D eigenvalue weighted by Gasteiger charge is 2.13. The van der Waals surface area contributed by atoms with Gasteiger partial charge in [-0.2, -0.15) is 0 Å². The molecule has 2 aromatic rings. The van der Waals surface area contributed by atoms with Gasteiger partial charge >= 0.3 is 5.97 Å². The normalized spacial score (nSPS) is 10.3. The third kappa shape index (κ3) is 2.66. The lowest BCUT2D eigenvalue weighted by molar-refractivity contribution is 0.0595. The minimum atomic E-state index is -0.610. The molecule has 0 aliphatic heterocycles. The molecule has 0 unspecified atom stereocenters. The number of nitrogen functional groups attached to an aromatic ring is 1. The van der Waals surface area contributed by atoms with Gasteiger partial charge in [-0.1, -0.05) is 17.7 Å². The van der Waals surface area contributed by atoms with Gasteiger partial charge in [0.1, 0.15) is 5.82 Å². The molecule has 0 amide bonds. The lowest BCUT2D eigenvalue weighted by atomic mass is 10.1. The molecular weight excluding hydrogens is 271 g/mol. The Kier molecular flexibility index (Phi) is 3.66. The smallest absolute Gasteiger partial charge is 0.358 e. The molecular formula is C13H10ClFN2O2. The number of methoxy groups -OCH3 is 1. The molecule has 1 aromatic heterocycles. The second kappa shape index (κ2) is 5.24. The van der Waals surface area contributed by atoms with E-state index in [-0.39, 0.29) is 16.4 Å². The van der Waals surface area contributed by atoms with Crippen molar-refractivity contribution in [1.82, 2.24) is 4.98 Å². The van der Waals surface area contributed by atoms with E-state index in [0.717, 1.165) is 0 Å². The monoisotopic (exact) mass is 280 g/mol. The SMILES string of the molecule is COC(=O)c1ncc(-c2ccc(F)c(Cl)c2)cc1N. The van der Waals surface area contributed by atoms with Crippen LogP contribution < -0.4 is 5.73 Å². The number of aromatic nitrogens is 1. The van der Waals surface area contributed by atoms with Gasteiger partial charge in [-0.05, 0) is 23.8 Å². The zero-order chi connectivity index (χ0) is 14.0. The van der Waals surface area contributed by atoms with Crippen molar-refractivity contribution in [1.29, 1.82) is 0 Å². The summed E-state index contributed by atoms with van der Waals surface area (Å²) in [5.74, 6) is -1.11. The maximum absolute atomic E-state index is 13.1. The van der Waals surface area contributed by atoms with Crippen LogP contribution in [-0.4, -0.2) is 18.1 Å². The number of nitrogens with two attached hydrogens (primary N) is 1. The zero-order valence-electron chi connectivity index (χ0n) is 9.98. The Morgan fingerprint density at radius 1 is 1.37 bits per heavy atom. The van der Waals surface area contributed by atoms with Crippen molar-refractivity contribution in [2.24, 2.45) is 0 Å². The van der Waals surface area contributed by atoms with Crippen molar-refractivity contribution in [3.05, 3.63) is 47.0 Å². The number of anilines is 1. The average molecular weight is 281 g/mol. The summed E-state index contributed by atoms with van der Waals surface area (Å²) in [6.07, 6.45) is 1.45. The van der Waals surface area contributed by atoms with Gasteiger partial charge in [-0.15, -0.1) is 0 Å². The molecule has 0 aliphatic carbocycles. The topological polar surface area (TPSA) is 65.2 Å². The van der Waals surface area contributed by atoms with Crippen molar-refractivity contribution >= 4 is 23.3 Å². The molecule has 0 saturated carbocycles. The van der Waals surface area contributed by atoms with Crippen molar-refractivity contribution in [3.63, 3.8) is 0 Å². The number of rotatable bonds is 2. The van der Waals surface area contributed by atoms with Crippen molar-refractivity contribution < 1.29 is 13.9 Å². The fraction of sp³-hybridized carbons (Fsp3) is 0.0769. The van der Waals surface area contributed by atoms with Crippen molar-refractivity contribution in [2.75, 3.05) is 12.8 Å². The summed E-state index contributed by atoms with van der Waals surface area (Å²) >= 11 is 5.71. The molecule has 1 heterocycles. The van der Waals surface area contributed by atoms with Gasteiger partial charge in [-0.3, -0.25) is 0 Å². The van der Waals surface area contributed by atoms with E-state index < -0.39 is 11.8 Å². The van der Waals surface area contributed by atoms with Crippen LogP contribution in [0.15, 0.2) is 30.5 Å². The Bertz CT molecular complexity index is 647. The summed E-state index contributed by atoms with van der Waals surface area (Å²) in [6.45, 7) is 0. The lowest BCUT2D eigenvalue weighted by Crippen LogP contribution is -2.08. The van der Waals surface area contributed by atoms with E-state index in [2.05, 4.69) is 9.72 Å². The molecule has 0 saturated heterocycles. The van der Waals surface area contributed by atoms with Crippen molar-refractivity contribution in [3.8, 4) is 11.1 Å². The standard InChI is InChI=1S/C13H10ClFN2O2/c1-19-13(18)12-11(16)5-8(6-17-12)7-2-3-10(15)9(14)4-7/h2-6H,16H2,1H3. The number of hydrogen-bond acceptors (Lipinski definition) is 4. The van der Waals surface area contributed by atoms with Crippen LogP contribution in [0.3, 0.4) is 0 Å². The number of halogens is 2. The van der Waals surface area contributed by atoms with E-state index in [1.807, 2.05) is 0 Å². The molecule has 0 atom stereocenters. The number of nitrogens with zero attached hydrogens (tertiary/aromatic N) is 1. The van der Waals surface area contributed by atoms with Crippen LogP contribution in [0.2, 0.25) is 5.02 Å². The molecule has 4 nitrogen and oxygen atoms in total. The summed E-state index contributed by atoms with van der Waals surface area (Å²) < 4.78 is 17.6. The fourth-order valence-electron chi connectivity index (χ4n) is 1.58. The zero-order valence-corrected chi connectivity index (χ0v) is 10.7. The first kappa shape index (κ1) is 13.3. The molecule has 0 spiro atoms. The highest BCUT2D eigenvalue weighted by atomic mass is 35.5. The fourth-order valence-corrected chi connectivity index (χ4v) is 1.76. The van der Waals surface area contributed by atoms with E-state index in [1.165, 1.54) is 25.4 Å². The molecule has 6 heteroatoms. The van der Waals surface area contributed by atoms with Gasteiger partial charge in [-0.25, -0.2) is 14.2 Å². The van der Waals surface area contributed by atoms with Crippen LogP contribution in [0.1, 0.15) is 10.5 Å². The molecule has 1 aromatic carbocycles. The van der Waals surface area contributed by atoms with Crippen LogP contribution >= 0.6 is 11.6 Å². The first-order chi connectivity index (χ1) is 9.02. The van der Waals surface area contributed by atoms with E-state index in [9.17, 15) is 9.18 Å². The maximum Gasteiger partial charge on any atom is 0.358 e. The minimum Gasteiger partial charge on any atom is -0.464 e. The molecule has 0 fully saturated rings. The minimum absolute atomic E-state index is 0.00751. The Hall–Kier alpha value is -2.14. The second-order valence-electron chi connectivity index (χ2n) is 3.78. The Morgan fingerprint density at radius 3 is 2.68 bits per heavy atom. The highest BCUT2D eigenvalue weighted by molar-refractivity contribution is 6.31. The van der Waals surface area contributed by atoms with Gasteiger partial charge in [0, 0.05) is 11.8 Å². The van der Waals surface area contributed by atoms with Crippen LogP contribution in [0.4, 0.5) is 10.1 Å². The van der Waals surface area contributed by atoms with Gasteiger partial charge in [0.15, 0.2) is 5.69 Å². The number of carbonyl (C=O) groups is 1. The summed E-state index contributed by atoms with van der Waals surface area (Å²) in [5, 5.41) is 0.00751. The first-order valence-corrected chi connectivity index (χ1v) is 5.70. The van der Waals surface area contributed by atoms with Crippen molar-refractivity contribution in [2.45, 2.75) is 0 Å². The first-order valence-electron chi connectivity index (χ1n) is 5.32. The largest absolute Gasteiger partial charge is 0.464 e. The molecule has 0 aliphatic rings. The Labute approximate surface area is 114 Å². The predicted molar refractivity (Wildman–Crippen MR) is 70.4 cm³/mol. The Balaban J connectivity index is 2.44. The number of esters is 1. The number of hydrogen-bond donors (Lipinski definition) is 1. The van der Waals surface area contributed by atoms with Gasteiger partial charge in [0.05, 0.1) is 17.8 Å². The Morgan fingerprint density at radius 2 is 2.11 bits per heavy atom. The van der Waals surface area contributed by atoms with Gasteiger partial charge in [0.25, 0.3) is 0 Å². The van der Waals surface area contributed by atoms with Crippen LogP contribution in [0.5, 0.6) is 0 Å². The third-order valence-corrected chi connectivity index (χ3v) is 2.84. The molecule has 2 rings (SSSR count). The maximum atomic E-state index is 13.1. The quantitative estimate of drug-likeness (QED) is 0.859. The van der Waals surface area contributed by atoms with E-state index >= 15 is 0 Å². The van der Waals surface area contributed by atoms with Gasteiger partial charge < -0.3 is 10.5 Å². The summed E-state index contributed by atoms with van der Waals surface area (Å²) in [5.41, 5.74) is 7.25. The number of carbonyl (C=O) groups excluding carboxylic acids is 1.